The summed E-state index contributed by atoms with van der Waals surface area (Å²) in [5.74, 6) is -2.72. The highest BCUT2D eigenvalue weighted by molar-refractivity contribution is 6.17. The second kappa shape index (κ2) is 16.4. The second-order valence-corrected chi connectivity index (χ2v) is 14.4. The van der Waals surface area contributed by atoms with Gasteiger partial charge in [-0.1, -0.05) is 0 Å². The lowest BCUT2D eigenvalue weighted by Gasteiger charge is -2.42. The van der Waals surface area contributed by atoms with Crippen molar-refractivity contribution >= 4 is 46.9 Å². The first kappa shape index (κ1) is 39.0. The van der Waals surface area contributed by atoms with Crippen LogP contribution in [0.2, 0.25) is 0 Å². The number of ether oxygens (including phenoxy) is 1. The third-order valence-electron chi connectivity index (χ3n) is 10.6. The van der Waals surface area contributed by atoms with E-state index in [-0.39, 0.29) is 17.5 Å². The van der Waals surface area contributed by atoms with E-state index in [1.54, 1.807) is 17.0 Å². The Morgan fingerprint density at radius 1 is 0.745 bits per heavy atom. The van der Waals surface area contributed by atoms with E-state index in [9.17, 15) is 28.4 Å². The molecule has 292 valence electrons. The van der Waals surface area contributed by atoms with Crippen LogP contribution >= 0.6 is 0 Å². The first-order chi connectivity index (χ1) is 26.3. The van der Waals surface area contributed by atoms with Gasteiger partial charge in [0.25, 0.3) is 0 Å². The van der Waals surface area contributed by atoms with Crippen molar-refractivity contribution in [2.45, 2.75) is 44.6 Å². The summed E-state index contributed by atoms with van der Waals surface area (Å²) in [5.41, 5.74) is 7.75. The Labute approximate surface area is 316 Å². The molecule has 2 aromatic carbocycles. The number of urea groups is 1. The van der Waals surface area contributed by atoms with Gasteiger partial charge in [0.05, 0.1) is 5.69 Å². The summed E-state index contributed by atoms with van der Waals surface area (Å²) in [5, 5.41) is 7.96. The smallest absolute Gasteiger partial charge is 0.323 e. The molecule has 15 nitrogen and oxygen atoms in total. The number of piperidine rings is 1. The van der Waals surface area contributed by atoms with Gasteiger partial charge < -0.3 is 36.6 Å². The number of nitrogens with one attached hydrogen (secondary N) is 3. The number of amides is 6. The van der Waals surface area contributed by atoms with Crippen LogP contribution in [0, 0.1) is 22.5 Å². The maximum absolute atomic E-state index is 15.0. The lowest BCUT2D eigenvalue weighted by Crippen LogP contribution is -2.53. The molecule has 2 saturated heterocycles. The van der Waals surface area contributed by atoms with Crippen molar-refractivity contribution in [2.24, 2.45) is 22.3 Å². The summed E-state index contributed by atoms with van der Waals surface area (Å²) < 4.78 is 34.0. The van der Waals surface area contributed by atoms with Crippen LogP contribution in [0.25, 0.3) is 0 Å². The molecule has 0 spiro atoms. The fraction of sp³-hybridized carbons (Fsp3) is 0.421. The highest BCUT2D eigenvalue weighted by atomic mass is 19.1. The topological polar surface area (TPSA) is 205 Å². The lowest BCUT2D eigenvalue weighted by atomic mass is 10.0. The normalized spacial score (nSPS) is 18.9. The van der Waals surface area contributed by atoms with Gasteiger partial charge in [-0.2, -0.15) is 0 Å². The largest absolute Gasteiger partial charge is 0.457 e. The molecule has 7 rings (SSSR count). The zero-order valence-electron chi connectivity index (χ0n) is 30.5. The summed E-state index contributed by atoms with van der Waals surface area (Å²) in [6.07, 6.45) is 5.02. The molecule has 1 aromatic heterocycles. The van der Waals surface area contributed by atoms with Crippen molar-refractivity contribution < 1.29 is 37.5 Å². The van der Waals surface area contributed by atoms with Crippen LogP contribution in [0.15, 0.2) is 60.8 Å². The Kier molecular flexibility index (Phi) is 11.6. The number of primary amides is 2. The van der Waals surface area contributed by atoms with Gasteiger partial charge in [-0.05, 0) is 88.0 Å². The number of aromatic nitrogens is 1. The highest BCUT2D eigenvalue weighted by Gasteiger charge is 2.57. The average molecular weight is 762 g/mol. The van der Waals surface area contributed by atoms with Crippen LogP contribution in [0.5, 0.6) is 11.5 Å². The number of nitrogens with two attached hydrogens (primary N) is 2. The maximum Gasteiger partial charge on any atom is 0.323 e. The number of benzene rings is 2. The Bertz CT molecular complexity index is 1910. The van der Waals surface area contributed by atoms with E-state index in [0.29, 0.717) is 62.1 Å². The molecule has 2 saturated carbocycles. The third-order valence-corrected chi connectivity index (χ3v) is 10.6. The van der Waals surface area contributed by atoms with E-state index < -0.39 is 46.1 Å². The van der Waals surface area contributed by atoms with Crippen molar-refractivity contribution in [1.82, 2.24) is 19.7 Å². The highest BCUT2D eigenvalue weighted by Crippen LogP contribution is 2.48. The average Bonchev–Trinajstić information content (AvgIpc) is 4.09. The SMILES string of the molecule is CN1CCN(C2CCN(C(=O)Nc3cc(Oc4ccc(NC(=O)C5(C(=O)Nc6ccc(F)cc6)CC5)c(F)c4)ccn3)CC2)CC1.NC(=O)C1(C(N)=O)CC1. The van der Waals surface area contributed by atoms with Gasteiger partial charge in [0.15, 0.2) is 0 Å². The number of rotatable bonds is 10. The van der Waals surface area contributed by atoms with Crippen molar-refractivity contribution in [2.75, 3.05) is 62.3 Å². The fourth-order valence-electron chi connectivity index (χ4n) is 6.60. The van der Waals surface area contributed by atoms with E-state index in [4.69, 9.17) is 16.2 Å². The molecule has 4 aliphatic rings. The van der Waals surface area contributed by atoms with Crippen LogP contribution in [0.3, 0.4) is 0 Å². The molecule has 3 heterocycles. The standard InChI is InChI=1S/C33H37F2N7O4.C5H8N2O2/c1-40-16-18-41(19-17-40)24-9-14-42(15-10-24)32(45)39-29-21-26(8-13-36-29)46-25-6-7-28(27(35)20-25)38-31(44)33(11-12-33)30(43)37-23-4-2-22(34)3-5-23;6-3(8)5(1-2-5)4(7)9/h2-8,13,20-21,24H,9-12,14-19H2,1H3,(H,37,43)(H,38,44)(H,36,39,45);1-2H2,(H2,6,8)(H2,7,9). The van der Waals surface area contributed by atoms with Crippen LogP contribution in [-0.2, 0) is 19.2 Å². The van der Waals surface area contributed by atoms with Gasteiger partial charge >= 0.3 is 6.03 Å². The number of anilines is 3. The summed E-state index contributed by atoms with van der Waals surface area (Å²) in [4.78, 5) is 70.5. The number of carbonyl (C=O) groups is 5. The summed E-state index contributed by atoms with van der Waals surface area (Å²) in [7, 11) is 2.14. The number of halogens is 2. The molecular formula is C38H45F2N9O6. The van der Waals surface area contributed by atoms with E-state index in [1.165, 1.54) is 42.6 Å². The Morgan fingerprint density at radius 2 is 1.35 bits per heavy atom. The second-order valence-electron chi connectivity index (χ2n) is 14.4. The number of hydrogen-bond donors (Lipinski definition) is 5. The first-order valence-corrected chi connectivity index (χ1v) is 18.2. The molecule has 55 heavy (non-hydrogen) atoms. The van der Waals surface area contributed by atoms with Crippen molar-refractivity contribution in [3.63, 3.8) is 0 Å². The Hall–Kier alpha value is -5.68. The van der Waals surface area contributed by atoms with E-state index >= 15 is 4.39 Å². The lowest BCUT2D eigenvalue weighted by molar-refractivity contribution is -0.134. The zero-order valence-corrected chi connectivity index (χ0v) is 30.5. The van der Waals surface area contributed by atoms with Gasteiger partial charge in [-0.15, -0.1) is 0 Å². The number of pyridine rings is 1. The van der Waals surface area contributed by atoms with Gasteiger partial charge in [-0.25, -0.2) is 18.6 Å². The zero-order chi connectivity index (χ0) is 39.3. The number of carbonyl (C=O) groups excluding carboxylic acids is 5. The quantitative estimate of drug-likeness (QED) is 0.192. The molecule has 4 fully saturated rings. The van der Waals surface area contributed by atoms with E-state index in [1.807, 2.05) is 0 Å². The minimum Gasteiger partial charge on any atom is -0.457 e. The van der Waals surface area contributed by atoms with Gasteiger partial charge in [0.2, 0.25) is 23.6 Å². The monoisotopic (exact) mass is 761 g/mol. The minimum atomic E-state index is -1.33. The summed E-state index contributed by atoms with van der Waals surface area (Å²) in [6, 6.07) is 12.6. The van der Waals surface area contributed by atoms with Crippen LogP contribution in [0.1, 0.15) is 38.5 Å². The number of likely N-dealkylation sites (N-methyl/N-ethyl adjacent to an activating group) is 1. The molecular weight excluding hydrogens is 716 g/mol. The van der Waals surface area contributed by atoms with Crippen molar-refractivity contribution in [3.05, 3.63) is 72.4 Å². The van der Waals surface area contributed by atoms with Crippen LogP contribution in [0.4, 0.5) is 30.8 Å². The predicted octanol–water partition coefficient (Wildman–Crippen LogP) is 3.49. The molecule has 2 aliphatic carbocycles. The Balaban J connectivity index is 0.000000502. The molecule has 3 aromatic rings. The summed E-state index contributed by atoms with van der Waals surface area (Å²) >= 11 is 0. The molecule has 7 N–H and O–H groups in total. The fourth-order valence-corrected chi connectivity index (χ4v) is 6.60. The van der Waals surface area contributed by atoms with Gasteiger partial charge in [0, 0.05) is 69.3 Å². The van der Waals surface area contributed by atoms with Crippen molar-refractivity contribution in [1.29, 1.82) is 0 Å². The number of piperazine rings is 1. The molecule has 0 radical (unpaired) electrons. The molecule has 17 heteroatoms. The van der Waals surface area contributed by atoms with Gasteiger partial charge in [0.1, 0.15) is 39.8 Å². The first-order valence-electron chi connectivity index (χ1n) is 18.2. The van der Waals surface area contributed by atoms with E-state index in [2.05, 4.69) is 37.8 Å². The third kappa shape index (κ3) is 9.35. The molecule has 6 amide bonds. The predicted molar refractivity (Wildman–Crippen MR) is 199 cm³/mol. The Morgan fingerprint density at radius 3 is 1.91 bits per heavy atom. The number of likely N-dealkylation sites (tertiary alicyclic amines) is 1. The minimum absolute atomic E-state index is 0.0997. The maximum atomic E-state index is 15.0. The molecule has 0 atom stereocenters. The molecule has 2 aliphatic heterocycles. The number of hydrogen-bond acceptors (Lipinski definition) is 9. The molecule has 0 unspecified atom stereocenters. The van der Waals surface area contributed by atoms with Gasteiger partial charge in [-0.3, -0.25) is 29.4 Å². The van der Waals surface area contributed by atoms with Crippen LogP contribution in [-0.4, -0.2) is 102 Å². The molecule has 0 bridgehead atoms. The van der Waals surface area contributed by atoms with Crippen molar-refractivity contribution in [3.8, 4) is 11.5 Å². The van der Waals surface area contributed by atoms with E-state index in [0.717, 1.165) is 45.1 Å². The summed E-state index contributed by atoms with van der Waals surface area (Å²) in [6.45, 7) is 5.60. The van der Waals surface area contributed by atoms with Crippen LogP contribution < -0.4 is 32.2 Å². The number of nitrogens with zero attached hydrogens (tertiary/aromatic N) is 4.